The molecule has 0 heterocycles. The van der Waals surface area contributed by atoms with Crippen LogP contribution >= 0.6 is 0 Å². The van der Waals surface area contributed by atoms with E-state index in [1.165, 1.54) is 6.07 Å². The minimum atomic E-state index is -1.09. The van der Waals surface area contributed by atoms with Crippen molar-refractivity contribution in [2.75, 3.05) is 0 Å². The van der Waals surface area contributed by atoms with Crippen molar-refractivity contribution in [1.82, 2.24) is 0 Å². The highest BCUT2D eigenvalue weighted by Gasteiger charge is 2.11. The first-order valence-electron chi connectivity index (χ1n) is 5.31. The summed E-state index contributed by atoms with van der Waals surface area (Å²) in [6, 6.07) is 11.1. The molecule has 0 aliphatic rings. The minimum absolute atomic E-state index is 0.0389. The van der Waals surface area contributed by atoms with E-state index < -0.39 is 11.6 Å². The van der Waals surface area contributed by atoms with E-state index >= 15 is 0 Å². The molecule has 4 heteroatoms. The maximum Gasteiger partial charge on any atom is 0.200 e. The third-order valence-electron chi connectivity index (χ3n) is 2.39. The molecular formula is C14H10F2O2. The summed E-state index contributed by atoms with van der Waals surface area (Å²) in [6.45, 7) is 0.111. The molecule has 0 amide bonds. The van der Waals surface area contributed by atoms with Crippen LogP contribution in [-0.4, -0.2) is 6.29 Å². The van der Waals surface area contributed by atoms with E-state index in [4.69, 9.17) is 4.74 Å². The van der Waals surface area contributed by atoms with Crippen molar-refractivity contribution in [3.8, 4) is 5.75 Å². The molecule has 2 aromatic rings. The highest BCUT2D eigenvalue weighted by molar-refractivity contribution is 5.75. The molecular weight excluding hydrogens is 238 g/mol. The van der Waals surface area contributed by atoms with E-state index in [1.54, 1.807) is 12.1 Å². The van der Waals surface area contributed by atoms with Crippen LogP contribution in [0, 0.1) is 11.6 Å². The number of carbonyl (C=O) groups is 1. The Morgan fingerprint density at radius 2 is 1.83 bits per heavy atom. The summed E-state index contributed by atoms with van der Waals surface area (Å²) in [5, 5.41) is 0. The zero-order valence-electron chi connectivity index (χ0n) is 9.40. The smallest absolute Gasteiger partial charge is 0.200 e. The summed E-state index contributed by atoms with van der Waals surface area (Å²) in [6.07, 6.45) is 0.442. The largest absolute Gasteiger partial charge is 0.486 e. The fourth-order valence-electron chi connectivity index (χ4n) is 1.49. The Bertz CT molecular complexity index is 553. The van der Waals surface area contributed by atoms with Gasteiger partial charge in [0.05, 0.1) is 0 Å². The van der Waals surface area contributed by atoms with Gasteiger partial charge in [-0.2, -0.15) is 4.39 Å². The second-order valence-electron chi connectivity index (χ2n) is 3.71. The van der Waals surface area contributed by atoms with Crippen molar-refractivity contribution < 1.29 is 18.3 Å². The van der Waals surface area contributed by atoms with Crippen molar-refractivity contribution >= 4 is 6.29 Å². The zero-order valence-corrected chi connectivity index (χ0v) is 9.40. The zero-order chi connectivity index (χ0) is 13.0. The van der Waals surface area contributed by atoms with Crippen LogP contribution in [0.25, 0.3) is 0 Å². The van der Waals surface area contributed by atoms with Gasteiger partial charge in [0.2, 0.25) is 5.82 Å². The summed E-state index contributed by atoms with van der Waals surface area (Å²) in [7, 11) is 0. The number of benzene rings is 2. The first-order valence-corrected chi connectivity index (χ1v) is 5.31. The second-order valence-corrected chi connectivity index (χ2v) is 3.71. The molecule has 0 unspecified atom stereocenters. The molecule has 0 spiro atoms. The topological polar surface area (TPSA) is 26.3 Å². The summed E-state index contributed by atoms with van der Waals surface area (Å²) in [4.78, 5) is 10.6. The van der Waals surface area contributed by atoms with E-state index in [0.717, 1.165) is 11.6 Å². The van der Waals surface area contributed by atoms with Gasteiger partial charge in [0.15, 0.2) is 11.6 Å². The number of carbonyl (C=O) groups excluding carboxylic acids is 1. The van der Waals surface area contributed by atoms with Crippen LogP contribution in [0.5, 0.6) is 5.75 Å². The normalized spacial score (nSPS) is 10.1. The van der Waals surface area contributed by atoms with E-state index in [2.05, 4.69) is 0 Å². The summed E-state index contributed by atoms with van der Waals surface area (Å²) < 4.78 is 31.7. The van der Waals surface area contributed by atoms with E-state index in [-0.39, 0.29) is 17.9 Å². The lowest BCUT2D eigenvalue weighted by molar-refractivity contribution is 0.112. The Kier molecular flexibility index (Phi) is 3.67. The van der Waals surface area contributed by atoms with Crippen molar-refractivity contribution in [3.05, 3.63) is 65.2 Å². The first-order chi connectivity index (χ1) is 8.70. The Labute approximate surface area is 103 Å². The third-order valence-corrected chi connectivity index (χ3v) is 2.39. The number of halogens is 2. The molecule has 0 fully saturated rings. The Hall–Kier alpha value is -2.23. The third kappa shape index (κ3) is 2.71. The fourth-order valence-corrected chi connectivity index (χ4v) is 1.49. The number of rotatable bonds is 4. The number of hydrogen-bond donors (Lipinski definition) is 0. The highest BCUT2D eigenvalue weighted by atomic mass is 19.2. The van der Waals surface area contributed by atoms with Crippen LogP contribution in [0.15, 0.2) is 42.5 Å². The van der Waals surface area contributed by atoms with Gasteiger partial charge < -0.3 is 4.74 Å². The SMILES string of the molecule is O=Cc1cc(F)c(F)c(OCc2ccccc2)c1. The highest BCUT2D eigenvalue weighted by Crippen LogP contribution is 2.22. The average Bonchev–Trinajstić information content (AvgIpc) is 2.41. The molecule has 0 bridgehead atoms. The molecule has 2 aromatic carbocycles. The molecule has 0 atom stereocenters. The molecule has 2 nitrogen and oxygen atoms in total. The van der Waals surface area contributed by atoms with Crippen LogP contribution in [0.4, 0.5) is 8.78 Å². The molecule has 0 radical (unpaired) electrons. The molecule has 92 valence electrons. The van der Waals surface area contributed by atoms with Crippen LogP contribution in [0.2, 0.25) is 0 Å². The number of ether oxygens (including phenoxy) is 1. The van der Waals surface area contributed by atoms with Gasteiger partial charge in [0.1, 0.15) is 12.9 Å². The quantitative estimate of drug-likeness (QED) is 0.775. The van der Waals surface area contributed by atoms with Gasteiger partial charge in [0, 0.05) is 5.56 Å². The fraction of sp³-hybridized carbons (Fsp3) is 0.0714. The van der Waals surface area contributed by atoms with Gasteiger partial charge in [-0.3, -0.25) is 4.79 Å². The predicted octanol–water partition coefficient (Wildman–Crippen LogP) is 3.36. The standard InChI is InChI=1S/C14H10F2O2/c15-12-6-11(8-17)7-13(14(12)16)18-9-10-4-2-1-3-5-10/h1-8H,9H2. The number of hydrogen-bond acceptors (Lipinski definition) is 2. The Morgan fingerprint density at radius 1 is 1.11 bits per heavy atom. The molecule has 0 aromatic heterocycles. The Morgan fingerprint density at radius 3 is 2.50 bits per heavy atom. The van der Waals surface area contributed by atoms with Gasteiger partial charge in [-0.25, -0.2) is 4.39 Å². The molecule has 0 saturated carbocycles. The first kappa shape index (κ1) is 12.2. The number of aldehydes is 1. The summed E-state index contributed by atoms with van der Waals surface area (Å²) in [5.74, 6) is -2.44. The lowest BCUT2D eigenvalue weighted by Crippen LogP contribution is -2.00. The van der Waals surface area contributed by atoms with Crippen LogP contribution in [-0.2, 0) is 6.61 Å². The van der Waals surface area contributed by atoms with Gasteiger partial charge in [-0.15, -0.1) is 0 Å². The van der Waals surface area contributed by atoms with E-state index in [0.29, 0.717) is 6.29 Å². The van der Waals surface area contributed by atoms with Gasteiger partial charge >= 0.3 is 0 Å². The lowest BCUT2D eigenvalue weighted by Gasteiger charge is -2.08. The molecule has 2 rings (SSSR count). The van der Waals surface area contributed by atoms with Crippen molar-refractivity contribution in [1.29, 1.82) is 0 Å². The lowest BCUT2D eigenvalue weighted by atomic mass is 10.2. The van der Waals surface area contributed by atoms with Crippen LogP contribution in [0.1, 0.15) is 15.9 Å². The maximum absolute atomic E-state index is 13.4. The van der Waals surface area contributed by atoms with E-state index in [1.807, 2.05) is 18.2 Å². The van der Waals surface area contributed by atoms with Gasteiger partial charge in [-0.05, 0) is 17.7 Å². The minimum Gasteiger partial charge on any atom is -0.486 e. The molecule has 18 heavy (non-hydrogen) atoms. The average molecular weight is 248 g/mol. The second kappa shape index (κ2) is 5.40. The van der Waals surface area contributed by atoms with Crippen molar-refractivity contribution in [2.45, 2.75) is 6.61 Å². The van der Waals surface area contributed by atoms with Crippen molar-refractivity contribution in [3.63, 3.8) is 0 Å². The molecule has 0 saturated heterocycles. The predicted molar refractivity (Wildman–Crippen MR) is 62.5 cm³/mol. The van der Waals surface area contributed by atoms with E-state index in [9.17, 15) is 13.6 Å². The maximum atomic E-state index is 13.4. The van der Waals surface area contributed by atoms with Crippen LogP contribution < -0.4 is 4.74 Å². The van der Waals surface area contributed by atoms with Gasteiger partial charge in [-0.1, -0.05) is 30.3 Å². The molecule has 0 aliphatic carbocycles. The van der Waals surface area contributed by atoms with Crippen LogP contribution in [0.3, 0.4) is 0 Å². The molecule has 0 aliphatic heterocycles. The Balaban J connectivity index is 2.19. The monoisotopic (exact) mass is 248 g/mol. The van der Waals surface area contributed by atoms with Gasteiger partial charge in [0.25, 0.3) is 0 Å². The molecule has 0 N–H and O–H groups in total. The summed E-state index contributed by atoms with van der Waals surface area (Å²) >= 11 is 0. The summed E-state index contributed by atoms with van der Waals surface area (Å²) in [5.41, 5.74) is 0.866. The van der Waals surface area contributed by atoms with Crippen molar-refractivity contribution in [2.24, 2.45) is 0 Å².